The number of aromatic hydroxyl groups is 1. The molecule has 2 aromatic carbocycles. The molecular weight excluding hydrogens is 455 g/mol. The second-order valence-electron chi connectivity index (χ2n) is 6.09. The van der Waals surface area contributed by atoms with E-state index >= 15 is 0 Å². The smallest absolute Gasteiger partial charge is 0.328 e. The number of nitrogens with two attached hydrogens (primary N) is 1. The number of ether oxygens (including phenoxy) is 1. The standard InChI is InChI=1S/C19H20Cl2N2O6S/c20-12-9-15(19(26)16(21)10-12)17(5-6-18(24)25)23-30(27,28)14-4-1-3-13(11-14)29-8-2-7-22/h1,3-6,9-11,17,23,26H,2,7-8,22H2,(H,24,25). The SMILES string of the molecule is NCCCOc1cccc(S(=O)(=O)NC(C=CC(=O)O)c2cc(Cl)cc(Cl)c2O)c1. The molecule has 8 nitrogen and oxygen atoms in total. The zero-order valence-corrected chi connectivity index (χ0v) is 17.9. The number of sulfonamides is 1. The first-order chi connectivity index (χ1) is 14.1. The largest absolute Gasteiger partial charge is 0.506 e. The Hall–Kier alpha value is -2.30. The molecule has 0 heterocycles. The Morgan fingerprint density at radius 1 is 1.27 bits per heavy atom. The molecule has 1 unspecified atom stereocenters. The van der Waals surface area contributed by atoms with Crippen LogP contribution in [0.2, 0.25) is 10.0 Å². The number of carboxylic acids is 1. The first-order valence-corrected chi connectivity index (χ1v) is 10.9. The van der Waals surface area contributed by atoms with Crippen molar-refractivity contribution in [2.45, 2.75) is 17.4 Å². The minimum atomic E-state index is -4.15. The van der Waals surface area contributed by atoms with Crippen LogP contribution in [0.25, 0.3) is 0 Å². The van der Waals surface area contributed by atoms with Crippen LogP contribution in [-0.4, -0.2) is 37.8 Å². The van der Waals surface area contributed by atoms with Gasteiger partial charge >= 0.3 is 5.97 Å². The van der Waals surface area contributed by atoms with E-state index in [-0.39, 0.29) is 20.5 Å². The van der Waals surface area contributed by atoms with Crippen LogP contribution in [-0.2, 0) is 14.8 Å². The molecule has 11 heteroatoms. The van der Waals surface area contributed by atoms with E-state index in [0.29, 0.717) is 25.3 Å². The molecule has 0 aliphatic heterocycles. The molecule has 0 amide bonds. The van der Waals surface area contributed by atoms with Gasteiger partial charge in [-0.2, -0.15) is 4.72 Å². The molecule has 0 fully saturated rings. The topological polar surface area (TPSA) is 139 Å². The molecule has 1 atom stereocenters. The van der Waals surface area contributed by atoms with Gasteiger partial charge in [0, 0.05) is 22.7 Å². The normalized spacial score (nSPS) is 12.8. The fourth-order valence-electron chi connectivity index (χ4n) is 2.45. The molecule has 30 heavy (non-hydrogen) atoms. The van der Waals surface area contributed by atoms with E-state index in [1.807, 2.05) is 0 Å². The predicted molar refractivity (Wildman–Crippen MR) is 114 cm³/mol. The monoisotopic (exact) mass is 474 g/mol. The van der Waals surface area contributed by atoms with Crippen LogP contribution in [0.4, 0.5) is 0 Å². The van der Waals surface area contributed by atoms with Crippen LogP contribution in [0.15, 0.2) is 53.4 Å². The van der Waals surface area contributed by atoms with Gasteiger partial charge in [0.05, 0.1) is 22.6 Å². The lowest BCUT2D eigenvalue weighted by Gasteiger charge is -2.18. The number of phenols is 1. The van der Waals surface area contributed by atoms with E-state index in [1.165, 1.54) is 30.3 Å². The van der Waals surface area contributed by atoms with Gasteiger partial charge in [-0.1, -0.05) is 35.3 Å². The van der Waals surface area contributed by atoms with Crippen molar-refractivity contribution in [2.75, 3.05) is 13.2 Å². The summed E-state index contributed by atoms with van der Waals surface area (Å²) in [5.41, 5.74) is 5.40. The zero-order valence-electron chi connectivity index (χ0n) is 15.6. The Kier molecular flexibility index (Phi) is 8.51. The lowest BCUT2D eigenvalue weighted by molar-refractivity contribution is -0.131. The molecule has 0 spiro atoms. The van der Waals surface area contributed by atoms with Crippen LogP contribution in [0.1, 0.15) is 18.0 Å². The first kappa shape index (κ1) is 24.0. The van der Waals surface area contributed by atoms with Crippen LogP contribution in [0.5, 0.6) is 11.5 Å². The fourth-order valence-corrected chi connectivity index (χ4v) is 4.16. The predicted octanol–water partition coefficient (Wildman–Crippen LogP) is 3.09. The molecule has 0 aromatic heterocycles. The third kappa shape index (κ3) is 6.61. The van der Waals surface area contributed by atoms with Crippen LogP contribution < -0.4 is 15.2 Å². The lowest BCUT2D eigenvalue weighted by atomic mass is 10.1. The number of rotatable bonds is 10. The van der Waals surface area contributed by atoms with Gasteiger partial charge in [-0.15, -0.1) is 0 Å². The average Bonchev–Trinajstić information content (AvgIpc) is 2.68. The summed E-state index contributed by atoms with van der Waals surface area (Å²) in [5.74, 6) is -1.40. The molecule has 5 N–H and O–H groups in total. The van der Waals surface area contributed by atoms with Crippen molar-refractivity contribution in [1.82, 2.24) is 4.72 Å². The summed E-state index contributed by atoms with van der Waals surface area (Å²) >= 11 is 11.9. The fraction of sp³-hybridized carbons (Fsp3) is 0.211. The van der Waals surface area contributed by atoms with Gasteiger partial charge in [0.15, 0.2) is 0 Å². The second kappa shape index (κ2) is 10.6. The van der Waals surface area contributed by atoms with Crippen molar-refractivity contribution in [1.29, 1.82) is 0 Å². The summed E-state index contributed by atoms with van der Waals surface area (Å²) in [6, 6.07) is 7.07. The number of hydrogen-bond donors (Lipinski definition) is 4. The van der Waals surface area contributed by atoms with E-state index < -0.39 is 27.8 Å². The van der Waals surface area contributed by atoms with Gasteiger partial charge in [-0.25, -0.2) is 13.2 Å². The van der Waals surface area contributed by atoms with Gasteiger partial charge in [0.1, 0.15) is 11.5 Å². The summed E-state index contributed by atoms with van der Waals surface area (Å²) in [7, 11) is -4.15. The van der Waals surface area contributed by atoms with Crippen molar-refractivity contribution in [3.05, 3.63) is 64.2 Å². The lowest BCUT2D eigenvalue weighted by Crippen LogP contribution is -2.28. The van der Waals surface area contributed by atoms with Gasteiger partial charge in [0.2, 0.25) is 10.0 Å². The van der Waals surface area contributed by atoms with Crippen molar-refractivity contribution in [3.8, 4) is 11.5 Å². The maximum Gasteiger partial charge on any atom is 0.328 e. The van der Waals surface area contributed by atoms with Crippen molar-refractivity contribution in [2.24, 2.45) is 5.73 Å². The highest BCUT2D eigenvalue weighted by molar-refractivity contribution is 7.89. The van der Waals surface area contributed by atoms with E-state index in [4.69, 9.17) is 38.8 Å². The van der Waals surface area contributed by atoms with Crippen LogP contribution in [0, 0.1) is 0 Å². The highest BCUT2D eigenvalue weighted by Crippen LogP contribution is 2.36. The summed E-state index contributed by atoms with van der Waals surface area (Å²) in [6.45, 7) is 0.759. The van der Waals surface area contributed by atoms with Crippen LogP contribution >= 0.6 is 23.2 Å². The van der Waals surface area contributed by atoms with Gasteiger partial charge in [0.25, 0.3) is 0 Å². The summed E-state index contributed by atoms with van der Waals surface area (Å²) in [5, 5.41) is 19.2. The molecule has 0 aliphatic carbocycles. The average molecular weight is 475 g/mol. The number of carbonyl (C=O) groups is 1. The quantitative estimate of drug-likeness (QED) is 0.306. The van der Waals surface area contributed by atoms with E-state index in [0.717, 1.165) is 12.2 Å². The molecule has 2 rings (SSSR count). The number of aliphatic carboxylic acids is 1. The van der Waals surface area contributed by atoms with Crippen molar-refractivity contribution < 1.29 is 28.2 Å². The number of nitrogens with one attached hydrogen (secondary N) is 1. The van der Waals surface area contributed by atoms with Gasteiger partial charge in [-0.05, 0) is 37.2 Å². The van der Waals surface area contributed by atoms with E-state index in [9.17, 15) is 18.3 Å². The first-order valence-electron chi connectivity index (χ1n) is 8.68. The summed E-state index contributed by atoms with van der Waals surface area (Å²) in [4.78, 5) is 10.8. The second-order valence-corrected chi connectivity index (χ2v) is 8.64. The van der Waals surface area contributed by atoms with Gasteiger partial charge < -0.3 is 20.7 Å². The number of hydrogen-bond acceptors (Lipinski definition) is 6. The maximum absolute atomic E-state index is 12.9. The molecule has 2 aromatic rings. The van der Waals surface area contributed by atoms with Crippen LogP contribution in [0.3, 0.4) is 0 Å². The molecule has 0 radical (unpaired) electrons. The minimum absolute atomic E-state index is 0.0103. The number of carboxylic acid groups (broad SMARTS) is 1. The van der Waals surface area contributed by atoms with Crippen molar-refractivity contribution in [3.63, 3.8) is 0 Å². The third-order valence-electron chi connectivity index (χ3n) is 3.84. The molecule has 0 saturated heterocycles. The third-order valence-corrected chi connectivity index (χ3v) is 5.78. The Labute approximate surface area is 183 Å². The van der Waals surface area contributed by atoms with E-state index in [1.54, 1.807) is 6.07 Å². The highest BCUT2D eigenvalue weighted by Gasteiger charge is 2.24. The maximum atomic E-state index is 12.9. The Morgan fingerprint density at radius 3 is 2.67 bits per heavy atom. The highest BCUT2D eigenvalue weighted by atomic mass is 35.5. The summed E-state index contributed by atoms with van der Waals surface area (Å²) < 4.78 is 33.6. The van der Waals surface area contributed by atoms with Crippen molar-refractivity contribution >= 4 is 39.2 Å². The molecule has 0 saturated carbocycles. The number of benzene rings is 2. The molecular formula is C19H20Cl2N2O6S. The number of halogens is 2. The van der Waals surface area contributed by atoms with Gasteiger partial charge in [-0.3, -0.25) is 0 Å². The van der Waals surface area contributed by atoms with E-state index in [2.05, 4.69) is 4.72 Å². The zero-order chi connectivity index (χ0) is 22.3. The molecule has 0 bridgehead atoms. The Balaban J connectivity index is 2.40. The molecule has 0 aliphatic rings. The Bertz CT molecular complexity index is 1040. The molecule has 162 valence electrons. The Morgan fingerprint density at radius 2 is 2.00 bits per heavy atom. The number of phenolic OH excluding ortho intramolecular Hbond substituents is 1. The minimum Gasteiger partial charge on any atom is -0.506 e. The summed E-state index contributed by atoms with van der Waals surface area (Å²) in [6.07, 6.45) is 2.41.